The first-order valence-electron chi connectivity index (χ1n) is 9.46. The van der Waals surface area contributed by atoms with Gasteiger partial charge in [-0.1, -0.05) is 61.7 Å². The summed E-state index contributed by atoms with van der Waals surface area (Å²) in [6.45, 7) is 12.4. The molecule has 2 heteroatoms. The van der Waals surface area contributed by atoms with E-state index in [0.29, 0.717) is 0 Å². The van der Waals surface area contributed by atoms with Gasteiger partial charge in [0.1, 0.15) is 0 Å². The Labute approximate surface area is 163 Å². The maximum Gasteiger partial charge on any atom is 0.0118 e. The van der Waals surface area contributed by atoms with Gasteiger partial charge in [0.15, 0.2) is 0 Å². The van der Waals surface area contributed by atoms with Crippen LogP contribution >= 0.6 is 23.5 Å². The molecule has 3 rings (SSSR count). The molecule has 0 N–H and O–H groups in total. The zero-order chi connectivity index (χ0) is 18.1. The van der Waals surface area contributed by atoms with Crippen LogP contribution in [0.4, 0.5) is 0 Å². The van der Waals surface area contributed by atoms with Crippen molar-refractivity contribution >= 4 is 23.5 Å². The number of benzene rings is 1. The average Bonchev–Trinajstić information content (AvgIpc) is 2.63. The van der Waals surface area contributed by atoms with E-state index in [1.165, 1.54) is 60.3 Å². The monoisotopic (exact) mass is 372 g/mol. The Morgan fingerprint density at radius 3 is 2.60 bits per heavy atom. The molecule has 1 aromatic carbocycles. The van der Waals surface area contributed by atoms with Crippen molar-refractivity contribution in [2.45, 2.75) is 62.0 Å². The summed E-state index contributed by atoms with van der Waals surface area (Å²) in [6, 6.07) is 8.67. The maximum atomic E-state index is 4.26. The molecular formula is C23H32S2. The van der Waals surface area contributed by atoms with E-state index in [2.05, 4.69) is 62.4 Å². The summed E-state index contributed by atoms with van der Waals surface area (Å²) in [5.41, 5.74) is 1.32. The molecule has 0 aromatic heterocycles. The van der Waals surface area contributed by atoms with Gasteiger partial charge in [-0.15, -0.1) is 24.9 Å². The van der Waals surface area contributed by atoms with E-state index >= 15 is 0 Å². The third-order valence-electron chi connectivity index (χ3n) is 5.26. The molecule has 2 aliphatic carbocycles. The van der Waals surface area contributed by atoms with Crippen molar-refractivity contribution in [3.63, 3.8) is 0 Å². The Bertz CT molecular complexity index is 575. The van der Waals surface area contributed by atoms with Crippen molar-refractivity contribution in [3.8, 4) is 0 Å². The van der Waals surface area contributed by atoms with Crippen molar-refractivity contribution in [1.29, 1.82) is 0 Å². The molecule has 0 aliphatic heterocycles. The number of hydrogen-bond acceptors (Lipinski definition) is 2. The van der Waals surface area contributed by atoms with Crippen LogP contribution in [0.3, 0.4) is 0 Å². The molecule has 3 unspecified atom stereocenters. The van der Waals surface area contributed by atoms with Gasteiger partial charge in [-0.25, -0.2) is 0 Å². The second-order valence-corrected chi connectivity index (χ2v) is 9.47. The summed E-state index contributed by atoms with van der Waals surface area (Å²) in [4.78, 5) is 2.53. The van der Waals surface area contributed by atoms with Gasteiger partial charge in [0.05, 0.1) is 0 Å². The van der Waals surface area contributed by atoms with Crippen molar-refractivity contribution in [3.05, 3.63) is 66.0 Å². The van der Waals surface area contributed by atoms with E-state index in [4.69, 9.17) is 0 Å². The van der Waals surface area contributed by atoms with Crippen molar-refractivity contribution in [2.24, 2.45) is 11.8 Å². The quantitative estimate of drug-likeness (QED) is 0.291. The topological polar surface area (TPSA) is 0 Å². The molecule has 0 heterocycles. The average molecular weight is 373 g/mol. The summed E-state index contributed by atoms with van der Waals surface area (Å²) in [5.74, 6) is 2.05. The van der Waals surface area contributed by atoms with Gasteiger partial charge in [0.2, 0.25) is 0 Å². The highest BCUT2D eigenvalue weighted by Gasteiger charge is 2.32. The Morgan fingerprint density at radius 1 is 1.08 bits per heavy atom. The number of allylic oxidation sites excluding steroid dienone is 1. The van der Waals surface area contributed by atoms with Gasteiger partial charge in [0.25, 0.3) is 0 Å². The molecular weight excluding hydrogens is 340 g/mol. The van der Waals surface area contributed by atoms with E-state index in [1.54, 1.807) is 11.8 Å². The molecule has 0 bridgehead atoms. The molecule has 0 saturated heterocycles. The highest BCUT2D eigenvalue weighted by atomic mass is 32.2. The number of hydrogen-bond donors (Lipinski definition) is 0. The number of fused-ring (bicyclic) bond motifs is 1. The van der Waals surface area contributed by atoms with E-state index in [9.17, 15) is 0 Å². The number of thioether (sulfide) groups is 2. The predicted octanol–water partition coefficient (Wildman–Crippen LogP) is 8.01. The second kappa shape index (κ2) is 11.0. The van der Waals surface area contributed by atoms with Crippen LogP contribution < -0.4 is 0 Å². The van der Waals surface area contributed by atoms with Crippen molar-refractivity contribution in [1.82, 2.24) is 0 Å². The van der Waals surface area contributed by atoms with Crippen LogP contribution in [0.2, 0.25) is 0 Å². The van der Waals surface area contributed by atoms with Crippen LogP contribution in [0, 0.1) is 18.8 Å². The SMILES string of the molecule is C=C.C=C(C=CSc1cccc(C)c1)SC1CCC2CCCCC2C1. The highest BCUT2D eigenvalue weighted by molar-refractivity contribution is 8.04. The first kappa shape index (κ1) is 20.5. The van der Waals surface area contributed by atoms with Gasteiger partial charge < -0.3 is 0 Å². The van der Waals surface area contributed by atoms with Crippen LogP contribution in [-0.2, 0) is 0 Å². The minimum Gasteiger partial charge on any atom is -0.123 e. The Morgan fingerprint density at radius 2 is 1.84 bits per heavy atom. The van der Waals surface area contributed by atoms with Crippen LogP contribution in [0.1, 0.15) is 50.5 Å². The lowest BCUT2D eigenvalue weighted by molar-refractivity contribution is 0.175. The summed E-state index contributed by atoms with van der Waals surface area (Å²) in [5, 5.41) is 2.99. The first-order valence-corrected chi connectivity index (χ1v) is 11.2. The van der Waals surface area contributed by atoms with E-state index in [-0.39, 0.29) is 0 Å². The highest BCUT2D eigenvalue weighted by Crippen LogP contribution is 2.45. The van der Waals surface area contributed by atoms with E-state index in [0.717, 1.165) is 17.1 Å². The summed E-state index contributed by atoms with van der Waals surface area (Å²) >= 11 is 3.81. The lowest BCUT2D eigenvalue weighted by atomic mass is 9.71. The standard InChI is InChI=1S/C21H28S2.C2H4/c1-16-6-5-9-20(14-16)22-13-12-17(2)23-21-11-10-18-7-3-4-8-19(18)15-21;1-2/h5-6,9,12-14,18-19,21H,2-4,7-8,10-11,15H2,1H3;1-2H2. The molecule has 2 saturated carbocycles. The lowest BCUT2D eigenvalue weighted by Crippen LogP contribution is -2.28. The zero-order valence-corrected chi connectivity index (χ0v) is 17.2. The third kappa shape index (κ3) is 6.75. The second-order valence-electron chi connectivity index (χ2n) is 7.06. The van der Waals surface area contributed by atoms with Crippen LogP contribution in [0.15, 0.2) is 65.3 Å². The summed E-state index contributed by atoms with van der Waals surface area (Å²) in [7, 11) is 0. The molecule has 1 aromatic rings. The van der Waals surface area contributed by atoms with Crippen LogP contribution in [0.25, 0.3) is 0 Å². The molecule has 2 fully saturated rings. The Hall–Kier alpha value is -0.860. The molecule has 3 atom stereocenters. The normalized spacial score (nSPS) is 25.7. The number of aryl methyl sites for hydroxylation is 1. The molecule has 136 valence electrons. The van der Waals surface area contributed by atoms with Crippen LogP contribution in [0.5, 0.6) is 0 Å². The fourth-order valence-electron chi connectivity index (χ4n) is 4.07. The molecule has 0 radical (unpaired) electrons. The Kier molecular flexibility index (Phi) is 8.98. The first-order chi connectivity index (χ1) is 12.2. The van der Waals surface area contributed by atoms with Gasteiger partial charge in [-0.05, 0) is 61.6 Å². The maximum absolute atomic E-state index is 4.26. The van der Waals surface area contributed by atoms with Crippen LogP contribution in [-0.4, -0.2) is 5.25 Å². The summed E-state index contributed by atoms with van der Waals surface area (Å²) in [6.07, 6.45) is 12.4. The third-order valence-corrected chi connectivity index (χ3v) is 7.26. The van der Waals surface area contributed by atoms with Gasteiger partial charge in [-0.3, -0.25) is 0 Å². The van der Waals surface area contributed by atoms with Gasteiger partial charge in [0, 0.05) is 15.1 Å². The van der Waals surface area contributed by atoms with Gasteiger partial charge >= 0.3 is 0 Å². The van der Waals surface area contributed by atoms with E-state index < -0.39 is 0 Å². The van der Waals surface area contributed by atoms with Crippen molar-refractivity contribution in [2.75, 3.05) is 0 Å². The summed E-state index contributed by atoms with van der Waals surface area (Å²) < 4.78 is 0. The minimum absolute atomic E-state index is 0.801. The molecule has 0 spiro atoms. The zero-order valence-electron chi connectivity index (χ0n) is 15.6. The molecule has 25 heavy (non-hydrogen) atoms. The Balaban J connectivity index is 0.00000109. The largest absolute Gasteiger partial charge is 0.123 e. The van der Waals surface area contributed by atoms with Gasteiger partial charge in [-0.2, -0.15) is 0 Å². The smallest absolute Gasteiger partial charge is 0.0118 e. The predicted molar refractivity (Wildman–Crippen MR) is 117 cm³/mol. The molecule has 0 nitrogen and oxygen atoms in total. The fourth-order valence-corrected chi connectivity index (χ4v) is 6.13. The lowest BCUT2D eigenvalue weighted by Gasteiger charge is -2.39. The minimum atomic E-state index is 0.801. The molecule has 2 aliphatic rings. The molecule has 0 amide bonds. The number of rotatable bonds is 5. The van der Waals surface area contributed by atoms with E-state index in [1.807, 2.05) is 11.8 Å². The van der Waals surface area contributed by atoms with Crippen molar-refractivity contribution < 1.29 is 0 Å². The fraction of sp³-hybridized carbons (Fsp3) is 0.478.